The zero-order valence-electron chi connectivity index (χ0n) is 7.48. The van der Waals surface area contributed by atoms with Gasteiger partial charge in [-0.3, -0.25) is 0 Å². The van der Waals surface area contributed by atoms with E-state index in [0.29, 0.717) is 0 Å². The van der Waals surface area contributed by atoms with Crippen LogP contribution in [-0.2, 0) is 6.54 Å². The number of anilines is 1. The molecule has 82 valence electrons. The lowest BCUT2D eigenvalue weighted by atomic mass is 10.1. The molecule has 1 aromatic rings. The normalized spacial score (nSPS) is 10.7. The molecule has 4 N–H and O–H groups in total. The molecule has 0 saturated carbocycles. The van der Waals surface area contributed by atoms with Crippen LogP contribution in [-0.4, -0.2) is 9.91 Å². The van der Waals surface area contributed by atoms with Crippen molar-refractivity contribution in [2.45, 2.75) is 13.0 Å². The van der Waals surface area contributed by atoms with E-state index in [1.165, 1.54) is 0 Å². The summed E-state index contributed by atoms with van der Waals surface area (Å²) < 4.78 is 24.8. The predicted octanol–water partition coefficient (Wildman–Crippen LogP) is 0.968. The van der Waals surface area contributed by atoms with Crippen LogP contribution in [0.2, 0.25) is 0 Å². The first-order chi connectivity index (χ1) is 6.99. The molecule has 0 aromatic carbocycles. The molecule has 0 amide bonds. The summed E-state index contributed by atoms with van der Waals surface area (Å²) in [4.78, 5) is 12.8. The fourth-order valence-corrected chi connectivity index (χ4v) is 1.13. The van der Waals surface area contributed by atoms with Crippen molar-refractivity contribution < 1.29 is 13.7 Å². The monoisotopic (exact) mass is 218 g/mol. The summed E-state index contributed by atoms with van der Waals surface area (Å²) in [6, 6.07) is 0. The lowest BCUT2D eigenvalue weighted by Crippen LogP contribution is -2.10. The maximum absolute atomic E-state index is 12.4. The van der Waals surface area contributed by atoms with Crippen molar-refractivity contribution in [3.63, 3.8) is 0 Å². The number of pyridine rings is 1. The third kappa shape index (κ3) is 1.99. The molecule has 1 heterocycles. The van der Waals surface area contributed by atoms with E-state index in [4.69, 9.17) is 11.5 Å². The molecule has 0 aliphatic rings. The molecule has 1 aromatic heterocycles. The molecule has 0 atom stereocenters. The first-order valence-corrected chi connectivity index (χ1v) is 3.88. The van der Waals surface area contributed by atoms with Gasteiger partial charge in [0.2, 0.25) is 0 Å². The van der Waals surface area contributed by atoms with E-state index in [-0.39, 0.29) is 12.1 Å². The van der Waals surface area contributed by atoms with E-state index in [2.05, 4.69) is 4.98 Å². The highest BCUT2D eigenvalue weighted by molar-refractivity contribution is 5.61. The summed E-state index contributed by atoms with van der Waals surface area (Å²) in [6.07, 6.45) is -2.08. The lowest BCUT2D eigenvalue weighted by Gasteiger charge is -2.07. The Hall–Kier alpha value is -1.83. The number of aromatic nitrogens is 1. The van der Waals surface area contributed by atoms with Crippen molar-refractivity contribution in [2.75, 3.05) is 5.73 Å². The smallest absolute Gasteiger partial charge is 0.387 e. The number of hydrogen-bond donors (Lipinski definition) is 2. The minimum atomic E-state index is -2.81. The first-order valence-electron chi connectivity index (χ1n) is 3.88. The van der Waals surface area contributed by atoms with E-state index in [0.717, 1.165) is 6.20 Å². The maximum Gasteiger partial charge on any atom is 0.387 e. The Morgan fingerprint density at radius 1 is 1.60 bits per heavy atom. The third-order valence-corrected chi connectivity index (χ3v) is 1.85. The van der Waals surface area contributed by atoms with Crippen LogP contribution in [0.25, 0.3) is 0 Å². The molecule has 0 aliphatic heterocycles. The van der Waals surface area contributed by atoms with Crippen LogP contribution in [0.1, 0.15) is 17.6 Å². The third-order valence-electron chi connectivity index (χ3n) is 1.85. The molecule has 0 spiro atoms. The zero-order chi connectivity index (χ0) is 11.6. The summed E-state index contributed by atoms with van der Waals surface area (Å²) >= 11 is 0. The second kappa shape index (κ2) is 4.13. The van der Waals surface area contributed by atoms with E-state index >= 15 is 0 Å². The van der Waals surface area contributed by atoms with Crippen LogP contribution in [0.3, 0.4) is 0 Å². The van der Waals surface area contributed by atoms with Crippen LogP contribution in [0, 0.1) is 10.1 Å². The highest BCUT2D eigenvalue weighted by Crippen LogP contribution is 2.30. The second-order valence-corrected chi connectivity index (χ2v) is 2.69. The molecule has 0 radical (unpaired) electrons. The van der Waals surface area contributed by atoms with Crippen molar-refractivity contribution in [1.29, 1.82) is 0 Å². The van der Waals surface area contributed by atoms with Gasteiger partial charge in [0, 0.05) is 12.1 Å². The maximum atomic E-state index is 12.4. The molecule has 0 unspecified atom stereocenters. The number of nitrogens with zero attached hydrogens (tertiary/aromatic N) is 2. The Morgan fingerprint density at radius 3 is 2.60 bits per heavy atom. The minimum Gasteiger partial charge on any atom is -0.392 e. The molecule has 0 fully saturated rings. The molecule has 6 nitrogen and oxygen atoms in total. The molecular formula is C7H8F2N4O2. The van der Waals surface area contributed by atoms with Gasteiger partial charge in [-0.25, -0.2) is 8.78 Å². The first kappa shape index (κ1) is 11.2. The van der Waals surface area contributed by atoms with Crippen molar-refractivity contribution in [2.24, 2.45) is 5.73 Å². The Kier molecular flexibility index (Phi) is 3.10. The van der Waals surface area contributed by atoms with E-state index in [1.807, 2.05) is 0 Å². The van der Waals surface area contributed by atoms with Gasteiger partial charge in [0.05, 0.1) is 5.56 Å². The van der Waals surface area contributed by atoms with Crippen molar-refractivity contribution in [3.8, 4) is 0 Å². The average Bonchev–Trinajstić information content (AvgIpc) is 2.16. The van der Waals surface area contributed by atoms with Crippen LogP contribution < -0.4 is 11.5 Å². The number of nitrogen functional groups attached to an aromatic ring is 1. The van der Waals surface area contributed by atoms with Gasteiger partial charge in [0.1, 0.15) is 11.9 Å². The zero-order valence-corrected chi connectivity index (χ0v) is 7.48. The Balaban J connectivity index is 3.39. The molecule has 0 aliphatic carbocycles. The molecule has 8 heteroatoms. The van der Waals surface area contributed by atoms with Gasteiger partial charge in [-0.2, -0.15) is 0 Å². The standard InChI is InChI=1S/C7H8F2N4O2/c8-6(9)4-2-12-7(13(14)15)5(11)3(4)1-10/h2,6H,1,10-11H2. The summed E-state index contributed by atoms with van der Waals surface area (Å²) in [5.74, 6) is -0.653. The fraction of sp³-hybridized carbons (Fsp3) is 0.286. The number of alkyl halides is 2. The average molecular weight is 218 g/mol. The van der Waals surface area contributed by atoms with E-state index < -0.39 is 28.4 Å². The van der Waals surface area contributed by atoms with Crippen LogP contribution in [0.5, 0.6) is 0 Å². The number of hydrogen-bond acceptors (Lipinski definition) is 5. The lowest BCUT2D eigenvalue weighted by molar-refractivity contribution is -0.388. The Morgan fingerprint density at radius 2 is 2.20 bits per heavy atom. The number of nitrogens with two attached hydrogens (primary N) is 2. The highest BCUT2D eigenvalue weighted by atomic mass is 19.3. The molecule has 0 saturated heterocycles. The molecule has 15 heavy (non-hydrogen) atoms. The summed E-state index contributed by atoms with van der Waals surface area (Å²) in [7, 11) is 0. The van der Waals surface area contributed by atoms with Crippen molar-refractivity contribution in [1.82, 2.24) is 4.98 Å². The van der Waals surface area contributed by atoms with Crippen LogP contribution >= 0.6 is 0 Å². The minimum absolute atomic E-state index is 0.133. The van der Waals surface area contributed by atoms with Gasteiger partial charge in [-0.15, -0.1) is 0 Å². The molecule has 0 bridgehead atoms. The van der Waals surface area contributed by atoms with Gasteiger partial charge < -0.3 is 21.6 Å². The molecular weight excluding hydrogens is 210 g/mol. The van der Waals surface area contributed by atoms with Gasteiger partial charge in [0.25, 0.3) is 6.43 Å². The fourth-order valence-electron chi connectivity index (χ4n) is 1.13. The van der Waals surface area contributed by atoms with Gasteiger partial charge in [-0.1, -0.05) is 0 Å². The quantitative estimate of drug-likeness (QED) is 0.580. The van der Waals surface area contributed by atoms with E-state index in [1.54, 1.807) is 0 Å². The second-order valence-electron chi connectivity index (χ2n) is 2.69. The summed E-state index contributed by atoms with van der Waals surface area (Å²) in [5.41, 5.74) is 9.50. The van der Waals surface area contributed by atoms with Gasteiger partial charge >= 0.3 is 5.82 Å². The Labute approximate surface area is 83.0 Å². The SMILES string of the molecule is NCc1c(C(F)F)cnc([N+](=O)[O-])c1N. The summed E-state index contributed by atoms with van der Waals surface area (Å²) in [5, 5.41) is 10.4. The number of nitro groups is 1. The van der Waals surface area contributed by atoms with Crippen molar-refractivity contribution >= 4 is 11.5 Å². The van der Waals surface area contributed by atoms with Gasteiger partial charge in [-0.05, 0) is 9.91 Å². The predicted molar refractivity (Wildman–Crippen MR) is 48.2 cm³/mol. The van der Waals surface area contributed by atoms with E-state index in [9.17, 15) is 18.9 Å². The largest absolute Gasteiger partial charge is 0.392 e. The van der Waals surface area contributed by atoms with Crippen molar-refractivity contribution in [3.05, 3.63) is 27.4 Å². The van der Waals surface area contributed by atoms with Crippen LogP contribution in [0.4, 0.5) is 20.3 Å². The topological polar surface area (TPSA) is 108 Å². The Bertz CT molecular complexity index is 397. The number of halogens is 2. The van der Waals surface area contributed by atoms with Crippen LogP contribution in [0.15, 0.2) is 6.20 Å². The summed E-state index contributed by atoms with van der Waals surface area (Å²) in [6.45, 7) is -0.297. The van der Waals surface area contributed by atoms with Gasteiger partial charge in [0.15, 0.2) is 0 Å². The highest BCUT2D eigenvalue weighted by Gasteiger charge is 2.23. The molecule has 1 rings (SSSR count). The number of rotatable bonds is 3.